The van der Waals surface area contributed by atoms with E-state index in [0.717, 1.165) is 4.31 Å². The summed E-state index contributed by atoms with van der Waals surface area (Å²) in [5.41, 5.74) is 0. The van der Waals surface area contributed by atoms with Crippen LogP contribution in [0, 0.1) is 5.92 Å². The Bertz CT molecular complexity index is 296. The van der Waals surface area contributed by atoms with E-state index in [1.807, 2.05) is 0 Å². The van der Waals surface area contributed by atoms with Gasteiger partial charge >= 0.3 is 5.97 Å². The van der Waals surface area contributed by atoms with Crippen LogP contribution in [0.4, 0.5) is 0 Å². The predicted octanol–water partition coefficient (Wildman–Crippen LogP) is 0.377. The summed E-state index contributed by atoms with van der Waals surface area (Å²) in [6, 6.07) is -1.02. The van der Waals surface area contributed by atoms with Crippen molar-refractivity contribution >= 4 is 16.0 Å². The zero-order valence-corrected chi connectivity index (χ0v) is 9.71. The zero-order valence-electron chi connectivity index (χ0n) is 8.89. The molecule has 0 saturated heterocycles. The number of sulfonamides is 1. The van der Waals surface area contributed by atoms with E-state index in [0.29, 0.717) is 0 Å². The number of carboxylic acid groups (broad SMARTS) is 1. The molecule has 84 valence electrons. The van der Waals surface area contributed by atoms with E-state index < -0.39 is 22.0 Å². The summed E-state index contributed by atoms with van der Waals surface area (Å²) in [6.45, 7) is 4.90. The van der Waals surface area contributed by atoms with Gasteiger partial charge in [-0.05, 0) is 12.8 Å². The minimum absolute atomic E-state index is 0.0107. The fourth-order valence-electron chi connectivity index (χ4n) is 0.935. The van der Waals surface area contributed by atoms with Crippen LogP contribution in [-0.2, 0) is 14.8 Å². The summed E-state index contributed by atoms with van der Waals surface area (Å²) >= 11 is 0. The quantitative estimate of drug-likeness (QED) is 0.731. The molecular weight excluding hydrogens is 206 g/mol. The molecule has 0 heterocycles. The van der Waals surface area contributed by atoms with Crippen molar-refractivity contribution < 1.29 is 18.3 Å². The zero-order chi connectivity index (χ0) is 11.5. The number of likely N-dealkylation sites (N-methyl/N-ethyl adjacent to an activating group) is 1. The van der Waals surface area contributed by atoms with Crippen molar-refractivity contribution in [1.29, 1.82) is 0 Å². The standard InChI is InChI=1S/C8H17NO4S/c1-6(2)5-14(12,13)9(4)7(3)8(10)11/h6-7H,5H2,1-4H3,(H,10,11). The van der Waals surface area contributed by atoms with E-state index in [4.69, 9.17) is 5.11 Å². The molecule has 0 aliphatic carbocycles. The van der Waals surface area contributed by atoms with E-state index in [9.17, 15) is 13.2 Å². The lowest BCUT2D eigenvalue weighted by Gasteiger charge is -2.21. The Morgan fingerprint density at radius 2 is 1.79 bits per heavy atom. The Morgan fingerprint density at radius 1 is 1.36 bits per heavy atom. The Hall–Kier alpha value is -0.620. The summed E-state index contributed by atoms with van der Waals surface area (Å²) in [4.78, 5) is 10.6. The maximum atomic E-state index is 11.5. The van der Waals surface area contributed by atoms with Gasteiger partial charge in [-0.1, -0.05) is 13.8 Å². The van der Waals surface area contributed by atoms with E-state index in [2.05, 4.69) is 0 Å². The molecule has 0 saturated carbocycles. The van der Waals surface area contributed by atoms with Crippen LogP contribution in [0.15, 0.2) is 0 Å². The average molecular weight is 223 g/mol. The fourth-order valence-corrected chi connectivity index (χ4v) is 2.58. The van der Waals surface area contributed by atoms with Crippen LogP contribution in [0.1, 0.15) is 20.8 Å². The first kappa shape index (κ1) is 13.4. The largest absolute Gasteiger partial charge is 0.480 e. The number of hydrogen-bond acceptors (Lipinski definition) is 3. The summed E-state index contributed by atoms with van der Waals surface area (Å²) in [7, 11) is -2.16. The average Bonchev–Trinajstić information content (AvgIpc) is 1.99. The van der Waals surface area contributed by atoms with Crippen molar-refractivity contribution in [3.63, 3.8) is 0 Å². The monoisotopic (exact) mass is 223 g/mol. The maximum Gasteiger partial charge on any atom is 0.321 e. The molecular formula is C8H17NO4S. The maximum absolute atomic E-state index is 11.5. The van der Waals surface area contributed by atoms with Crippen LogP contribution in [0.5, 0.6) is 0 Å². The Balaban J connectivity index is 4.67. The summed E-state index contributed by atoms with van der Waals surface area (Å²) in [5.74, 6) is -1.18. The topological polar surface area (TPSA) is 74.7 Å². The molecule has 0 aromatic heterocycles. The first-order valence-electron chi connectivity index (χ1n) is 4.37. The van der Waals surface area contributed by atoms with Gasteiger partial charge in [0, 0.05) is 7.05 Å². The second kappa shape index (κ2) is 4.75. The summed E-state index contributed by atoms with van der Waals surface area (Å²) < 4.78 is 24.0. The van der Waals surface area contributed by atoms with Gasteiger partial charge < -0.3 is 5.11 Å². The smallest absolute Gasteiger partial charge is 0.321 e. The van der Waals surface area contributed by atoms with Gasteiger partial charge in [-0.2, -0.15) is 4.31 Å². The highest BCUT2D eigenvalue weighted by Crippen LogP contribution is 2.08. The number of rotatable bonds is 5. The van der Waals surface area contributed by atoms with Gasteiger partial charge in [0.25, 0.3) is 0 Å². The van der Waals surface area contributed by atoms with Crippen molar-refractivity contribution in [1.82, 2.24) is 4.31 Å². The molecule has 0 aliphatic rings. The molecule has 0 aromatic rings. The molecule has 14 heavy (non-hydrogen) atoms. The van der Waals surface area contributed by atoms with Crippen LogP contribution in [0.2, 0.25) is 0 Å². The Kier molecular flexibility index (Phi) is 4.54. The van der Waals surface area contributed by atoms with E-state index in [1.165, 1.54) is 14.0 Å². The lowest BCUT2D eigenvalue weighted by Crippen LogP contribution is -2.42. The van der Waals surface area contributed by atoms with Gasteiger partial charge in [0.1, 0.15) is 6.04 Å². The van der Waals surface area contributed by atoms with Gasteiger partial charge in [0.2, 0.25) is 10.0 Å². The van der Waals surface area contributed by atoms with Gasteiger partial charge in [-0.3, -0.25) is 4.79 Å². The molecule has 0 radical (unpaired) electrons. The third-order valence-corrected chi connectivity index (χ3v) is 4.17. The number of carboxylic acids is 1. The molecule has 0 aromatic carbocycles. The first-order valence-corrected chi connectivity index (χ1v) is 5.98. The predicted molar refractivity (Wildman–Crippen MR) is 53.5 cm³/mol. The molecule has 0 rings (SSSR count). The summed E-state index contributed by atoms with van der Waals surface area (Å²) in [5, 5.41) is 8.64. The molecule has 1 N–H and O–H groups in total. The fraction of sp³-hybridized carbons (Fsp3) is 0.875. The van der Waals surface area contributed by atoms with Gasteiger partial charge in [-0.25, -0.2) is 8.42 Å². The van der Waals surface area contributed by atoms with Crippen LogP contribution in [0.25, 0.3) is 0 Å². The number of hydrogen-bond donors (Lipinski definition) is 1. The molecule has 0 amide bonds. The van der Waals surface area contributed by atoms with Crippen LogP contribution in [0.3, 0.4) is 0 Å². The third-order valence-electron chi connectivity index (χ3n) is 1.89. The lowest BCUT2D eigenvalue weighted by molar-refractivity contribution is -0.140. The molecule has 0 bridgehead atoms. The van der Waals surface area contributed by atoms with Crippen molar-refractivity contribution in [2.75, 3.05) is 12.8 Å². The van der Waals surface area contributed by atoms with E-state index >= 15 is 0 Å². The summed E-state index contributed by atoms with van der Waals surface area (Å²) in [6.07, 6.45) is 0. The lowest BCUT2D eigenvalue weighted by atomic mass is 10.3. The van der Waals surface area contributed by atoms with Crippen LogP contribution < -0.4 is 0 Å². The Labute approximate surface area is 84.8 Å². The van der Waals surface area contributed by atoms with Crippen molar-refractivity contribution in [3.8, 4) is 0 Å². The van der Waals surface area contributed by atoms with Gasteiger partial charge in [0.15, 0.2) is 0 Å². The molecule has 0 spiro atoms. The van der Waals surface area contributed by atoms with Crippen molar-refractivity contribution in [3.05, 3.63) is 0 Å². The van der Waals surface area contributed by atoms with Crippen LogP contribution in [-0.4, -0.2) is 42.6 Å². The molecule has 6 heteroatoms. The van der Waals surface area contributed by atoms with Gasteiger partial charge in [-0.15, -0.1) is 0 Å². The normalized spacial score (nSPS) is 14.7. The number of aliphatic carboxylic acids is 1. The second-order valence-corrected chi connectivity index (χ2v) is 5.78. The van der Waals surface area contributed by atoms with Crippen molar-refractivity contribution in [2.24, 2.45) is 5.92 Å². The minimum atomic E-state index is -3.45. The molecule has 0 aliphatic heterocycles. The molecule has 5 nitrogen and oxygen atoms in total. The highest BCUT2D eigenvalue weighted by molar-refractivity contribution is 7.89. The first-order chi connectivity index (χ1) is 6.18. The number of nitrogens with zero attached hydrogens (tertiary/aromatic N) is 1. The number of carbonyl (C=O) groups is 1. The molecule has 0 fully saturated rings. The SMILES string of the molecule is CC(C)CS(=O)(=O)N(C)C(C)C(=O)O. The minimum Gasteiger partial charge on any atom is -0.480 e. The van der Waals surface area contributed by atoms with Crippen LogP contribution >= 0.6 is 0 Å². The highest BCUT2D eigenvalue weighted by Gasteiger charge is 2.28. The van der Waals surface area contributed by atoms with E-state index in [-0.39, 0.29) is 11.7 Å². The Morgan fingerprint density at radius 3 is 2.07 bits per heavy atom. The van der Waals surface area contributed by atoms with Gasteiger partial charge in [0.05, 0.1) is 5.75 Å². The van der Waals surface area contributed by atoms with Crippen molar-refractivity contribution in [2.45, 2.75) is 26.8 Å². The highest BCUT2D eigenvalue weighted by atomic mass is 32.2. The second-order valence-electron chi connectivity index (χ2n) is 3.70. The third kappa shape index (κ3) is 3.63. The van der Waals surface area contributed by atoms with E-state index in [1.54, 1.807) is 13.8 Å². The molecule has 1 unspecified atom stereocenters. The molecule has 1 atom stereocenters.